The molecular weight excluding hydrogens is 1440 g/mol. The molecule has 2 amide bonds. The number of H-pyrrole nitrogens is 2. The Kier molecular flexibility index (Phi) is 39.1. The Morgan fingerprint density at radius 2 is 1.49 bits per heavy atom. The van der Waals surface area contributed by atoms with Gasteiger partial charge in [0.05, 0.1) is 44.0 Å². The van der Waals surface area contributed by atoms with Crippen molar-refractivity contribution in [3.05, 3.63) is 155 Å². The highest BCUT2D eigenvalue weighted by Gasteiger charge is 2.39. The number of anilines is 5. The van der Waals surface area contributed by atoms with Crippen LogP contribution in [0.2, 0.25) is 0 Å². The number of nitrogens with two attached hydrogens (primary N) is 4. The smallest absolute Gasteiger partial charge is 0.343 e. The van der Waals surface area contributed by atoms with Gasteiger partial charge in [-0.1, -0.05) is 25.1 Å². The highest BCUT2D eigenvalue weighted by Crippen LogP contribution is 2.40. The molecule has 19 N–H and O–H groups in total. The van der Waals surface area contributed by atoms with Gasteiger partial charge >= 0.3 is 23.9 Å². The topological polar surface area (TPSA) is 515 Å². The summed E-state index contributed by atoms with van der Waals surface area (Å²) in [6.07, 6.45) is 8.11. The number of aliphatic hydroxyl groups excluding tert-OH is 2. The zero-order chi connectivity index (χ0) is 77.6. The number of nitrogens with one attached hydrogen (secondary N) is 5. The van der Waals surface area contributed by atoms with E-state index in [4.69, 9.17) is 104 Å². The number of nitrogen functional groups attached to an aromatic ring is 3. The number of benzene rings is 3. The number of nitrogens with zero attached hydrogens (tertiary/aromatic N) is 8. The molecule has 0 fully saturated rings. The van der Waals surface area contributed by atoms with E-state index in [0.717, 1.165) is 60.5 Å². The fourth-order valence-corrected chi connectivity index (χ4v) is 10.3. The van der Waals surface area contributed by atoms with Crippen LogP contribution in [0.5, 0.6) is 5.75 Å². The Bertz CT molecular complexity index is 4020. The number of ether oxygens (including phenoxy) is 2. The molecule has 0 bridgehead atoms. The van der Waals surface area contributed by atoms with E-state index < -0.39 is 59.0 Å². The molecule has 32 nitrogen and oxygen atoms in total. The summed E-state index contributed by atoms with van der Waals surface area (Å²) in [6, 6.07) is 17.7. The maximum atomic E-state index is 12.3. The van der Waals surface area contributed by atoms with Crippen molar-refractivity contribution in [2.24, 2.45) is 11.7 Å². The summed E-state index contributed by atoms with van der Waals surface area (Å²) < 4.78 is 10.6. The van der Waals surface area contributed by atoms with Crippen LogP contribution in [0.3, 0.4) is 0 Å². The Hall–Kier alpha value is -10.3. The number of fused-ring (bicyclic) bond motifs is 3. The molecule has 5 heterocycles. The number of allylic oxidation sites excluding steroid dienone is 2. The molecule has 0 saturated heterocycles. The summed E-state index contributed by atoms with van der Waals surface area (Å²) in [5.74, 6) is -2.99. The maximum Gasteiger partial charge on any atom is 0.343 e. The summed E-state index contributed by atoms with van der Waals surface area (Å²) in [6.45, 7) is 14.4. The van der Waals surface area contributed by atoms with Crippen LogP contribution in [0.1, 0.15) is 67.7 Å². The van der Waals surface area contributed by atoms with Gasteiger partial charge < -0.3 is 93.8 Å². The molecule has 1 aliphatic heterocycles. The fraction of sp³-hybridized carbons (Fsp3) is 0.368. The van der Waals surface area contributed by atoms with E-state index in [0.29, 0.717) is 76.6 Å². The van der Waals surface area contributed by atoms with Crippen LogP contribution in [0, 0.1) is 5.92 Å². The van der Waals surface area contributed by atoms with Crippen LogP contribution < -0.4 is 48.5 Å². The second-order valence-electron chi connectivity index (χ2n) is 22.4. The first-order valence-corrected chi connectivity index (χ1v) is 34.0. The minimum atomic E-state index is -1.43. The van der Waals surface area contributed by atoms with Crippen molar-refractivity contribution in [3.63, 3.8) is 0 Å². The number of ketones is 1. The number of carboxylic acid groups (broad SMARTS) is 4. The molecule has 0 saturated carbocycles. The highest BCUT2D eigenvalue weighted by atomic mass is 35.5. The summed E-state index contributed by atoms with van der Waals surface area (Å²) in [7, 11) is 3.66. The van der Waals surface area contributed by atoms with Gasteiger partial charge in [-0.15, -0.1) is 58.1 Å². The first kappa shape index (κ1) is 87.9. The number of aliphatic hydroxyl groups is 2. The normalized spacial score (nSPS) is 13.9. The number of carbonyl (C=O) groups is 7. The van der Waals surface area contributed by atoms with Crippen molar-refractivity contribution in [2.45, 2.75) is 78.1 Å². The lowest BCUT2D eigenvalue weighted by molar-refractivity contribution is -0.141. The summed E-state index contributed by atoms with van der Waals surface area (Å²) >= 11 is 22.4. The molecule has 4 aromatic heterocycles. The van der Waals surface area contributed by atoms with Gasteiger partial charge in [0.15, 0.2) is 22.8 Å². The molecule has 4 atom stereocenters. The van der Waals surface area contributed by atoms with E-state index in [9.17, 15) is 38.7 Å². The molecule has 0 radical (unpaired) electrons. The Morgan fingerprint density at radius 3 is 2.01 bits per heavy atom. The third-order valence-corrected chi connectivity index (χ3v) is 15.6. The average molecular weight is 1530 g/mol. The van der Waals surface area contributed by atoms with Crippen LogP contribution in [0.15, 0.2) is 132 Å². The van der Waals surface area contributed by atoms with Crippen molar-refractivity contribution >= 4 is 139 Å². The van der Waals surface area contributed by atoms with Crippen LogP contribution in [0.25, 0.3) is 22.1 Å². The van der Waals surface area contributed by atoms with E-state index in [2.05, 4.69) is 72.4 Å². The third kappa shape index (κ3) is 29.5. The second kappa shape index (κ2) is 46.3. The van der Waals surface area contributed by atoms with Gasteiger partial charge in [-0.05, 0) is 111 Å². The van der Waals surface area contributed by atoms with Gasteiger partial charge in [0.25, 0.3) is 5.91 Å². The zero-order valence-electron chi connectivity index (χ0n) is 58.1. The van der Waals surface area contributed by atoms with E-state index in [1.54, 1.807) is 26.2 Å². The van der Waals surface area contributed by atoms with Gasteiger partial charge in [0, 0.05) is 115 Å². The molecule has 564 valence electrons. The number of aromatic nitrogens is 8. The Morgan fingerprint density at radius 1 is 0.856 bits per heavy atom. The van der Waals surface area contributed by atoms with Gasteiger partial charge in [-0.3, -0.25) is 29.1 Å². The van der Waals surface area contributed by atoms with E-state index in [-0.39, 0.29) is 66.3 Å². The molecule has 2 aliphatic rings. The van der Waals surface area contributed by atoms with E-state index in [1.807, 2.05) is 69.6 Å². The molecule has 0 spiro atoms. The zero-order valence-corrected chi connectivity index (χ0v) is 61.1. The summed E-state index contributed by atoms with van der Waals surface area (Å²) in [5, 5.41) is 68.5. The number of aliphatic carboxylic acids is 4. The lowest BCUT2D eigenvalue weighted by atomic mass is 9.78. The molecule has 7 aromatic rings. The Labute approximate surface area is 619 Å². The number of aromatic amines is 2. The number of methoxy groups -OCH3 is 1. The number of carbonyl (C=O) groups excluding carboxylic acids is 3. The first-order chi connectivity index (χ1) is 49.5. The van der Waals surface area contributed by atoms with Crippen molar-refractivity contribution in [1.82, 2.24) is 55.6 Å². The van der Waals surface area contributed by atoms with Gasteiger partial charge in [0.2, 0.25) is 17.8 Å². The SMILES string of the molecule is C=CCO.CC1=C2C(=CO[C@H](C)[C@H]2C)C(O)=C(C(=O)O)C1=O.CN(CCCl)CCCl.COc1ccc2[nH]cc(CCNC(C)=O)c2c1.N[C@@H](Cc1ccc(N(CCCl)CCCl)cc1)C(=O)O.Nc1nc(N)c2nc(CNc3ccc(C(=O)NC(CCC(=O)O)C(=O)O)cc3)cnc2n1.Nc1nc[nH]n1. The third-order valence-electron chi connectivity index (χ3n) is 14.9. The molecule has 1 unspecified atom stereocenters. The summed E-state index contributed by atoms with van der Waals surface area (Å²) in [4.78, 5) is 106. The molecule has 1 aliphatic carbocycles. The quantitative estimate of drug-likeness (QED) is 0.0145. The monoisotopic (exact) mass is 1520 g/mol. The number of Topliss-reactive ketones (excluding diaryl/α,β-unsaturated/α-hetero) is 1. The Balaban J connectivity index is 0.000000341. The molecule has 9 rings (SSSR count). The van der Waals surface area contributed by atoms with E-state index in [1.165, 1.54) is 49.5 Å². The fourth-order valence-electron chi connectivity index (χ4n) is 9.32. The first-order valence-electron chi connectivity index (χ1n) is 31.9. The van der Waals surface area contributed by atoms with Crippen LogP contribution in [-0.2, 0) is 52.9 Å². The molecular formula is C68H89Cl4N17O15. The molecule has 104 heavy (non-hydrogen) atoms. The number of rotatable bonds is 27. The molecule has 36 heteroatoms. The van der Waals surface area contributed by atoms with Gasteiger partial charge in [-0.2, -0.15) is 9.97 Å². The lowest BCUT2D eigenvalue weighted by Gasteiger charge is -2.33. The van der Waals surface area contributed by atoms with Crippen LogP contribution >= 0.6 is 46.4 Å². The average Bonchev–Trinajstić information content (AvgIpc) is 0.827. The predicted octanol–water partition coefficient (Wildman–Crippen LogP) is 6.69. The number of hydrogen-bond donors (Lipinski definition) is 15. The summed E-state index contributed by atoms with van der Waals surface area (Å²) in [5.41, 5.74) is 28.9. The van der Waals surface area contributed by atoms with Gasteiger partial charge in [-0.25, -0.2) is 24.5 Å². The van der Waals surface area contributed by atoms with Crippen molar-refractivity contribution in [1.29, 1.82) is 0 Å². The van der Waals surface area contributed by atoms with Crippen LogP contribution in [-0.4, -0.2) is 212 Å². The van der Waals surface area contributed by atoms with Crippen molar-refractivity contribution < 1.29 is 73.7 Å². The largest absolute Gasteiger partial charge is 0.506 e. The van der Waals surface area contributed by atoms with Gasteiger partial charge in [0.1, 0.15) is 41.6 Å². The highest BCUT2D eigenvalue weighted by molar-refractivity contribution is 6.25. The number of alkyl halides is 4. The second-order valence-corrected chi connectivity index (χ2v) is 23.9. The lowest BCUT2D eigenvalue weighted by Crippen LogP contribution is -2.41. The maximum absolute atomic E-state index is 12.3. The number of hydrogen-bond acceptors (Lipinski definition) is 24. The minimum Gasteiger partial charge on any atom is -0.506 e. The number of halogens is 4. The van der Waals surface area contributed by atoms with Crippen LogP contribution in [0.4, 0.5) is 29.1 Å². The predicted molar refractivity (Wildman–Crippen MR) is 400 cm³/mol. The van der Waals surface area contributed by atoms with Crippen molar-refractivity contribution in [2.75, 3.05) is 104 Å². The molecule has 3 aromatic carbocycles. The van der Waals surface area contributed by atoms with Crippen molar-refractivity contribution in [3.8, 4) is 5.75 Å². The standard InChI is InChI=1S/C19H20N8O5.C13H18Cl2N2O2.C13H16N2O2.C13H14O5.C5H11Cl2N.C3H6O.C2H4N4/c20-15-14-16(27-19(21)26-15)23-8-11(24-14)7-22-10-3-1-9(2-4-10)17(30)25-12(18(31)32)5-6-13(28)29;14-5-7-17(8-6-15)11-3-1-10(2-4-11)9-12(16)13(18)19;1-9(16)14-6-5-10-8-15-13-4-3-11(17-2)7-12(10)13;1-5-7(3)18-4-8-9(5)6(2)11(14)10(12(8)15)13(16)17;1-8(4-2-6)5-3-7;1-2-3-4;3-2-4-1-5-6-2/h1-4,8,12,22H,5-7H2,(H,25,30)(H,28,29)(H,31,32)(H4,20,21,23,26,27);1-4,12H,5-9,16H2,(H,18,19);3-4,7-8,15H,5-6H2,1-2H3,(H,14,16);4-5,7,15H,1-3H3,(H,16,17);2-5H2,1H3;2,4H,1,3H2;1H,(H3,3,4,5,6)/t;12-;;5-,7-;;;/m.0.1.../s1. The van der Waals surface area contributed by atoms with E-state index >= 15 is 0 Å². The number of carboxylic acids is 4. The minimum absolute atomic E-state index is 0.00224. The number of amides is 2.